The van der Waals surface area contributed by atoms with Gasteiger partial charge in [0.05, 0.1) is 40.2 Å². The third-order valence-electron chi connectivity index (χ3n) is 6.03. The highest BCUT2D eigenvalue weighted by Crippen LogP contribution is 2.47. The molecule has 9 nitrogen and oxygen atoms in total. The Bertz CT molecular complexity index is 1280. The van der Waals surface area contributed by atoms with Crippen molar-refractivity contribution in [2.45, 2.75) is 12.3 Å². The van der Waals surface area contributed by atoms with Gasteiger partial charge in [-0.05, 0) is 53.8 Å². The summed E-state index contributed by atoms with van der Waals surface area (Å²) in [6.45, 7) is 0. The van der Waals surface area contributed by atoms with Gasteiger partial charge >= 0.3 is 5.97 Å². The number of nitrogens with zero attached hydrogens (tertiary/aromatic N) is 1. The number of esters is 1. The van der Waals surface area contributed by atoms with E-state index in [2.05, 4.69) is 10.5 Å². The predicted molar refractivity (Wildman–Crippen MR) is 137 cm³/mol. The third kappa shape index (κ3) is 5.83. The molecule has 37 heavy (non-hydrogen) atoms. The number of hydrazone groups is 1. The van der Waals surface area contributed by atoms with Crippen LogP contribution in [0.5, 0.6) is 28.7 Å². The van der Waals surface area contributed by atoms with E-state index in [0.29, 0.717) is 28.6 Å². The Morgan fingerprint density at radius 2 is 1.51 bits per heavy atom. The maximum Gasteiger partial charge on any atom is 0.343 e. The lowest BCUT2D eigenvalue weighted by Gasteiger charge is -2.14. The number of hydrogen-bond donors (Lipinski definition) is 1. The van der Waals surface area contributed by atoms with Crippen molar-refractivity contribution in [2.75, 3.05) is 28.4 Å². The fourth-order valence-corrected chi connectivity index (χ4v) is 4.01. The number of carbonyl (C=O) groups excluding carboxylic acids is 2. The SMILES string of the molecule is COc1cc(/C=N\NC(=O)[C@H]2C[C@H]2c2ccccc2)ccc1OC(=O)c1cc(OC)c(OC)c(OC)c1. The summed E-state index contributed by atoms with van der Waals surface area (Å²) in [6.07, 6.45) is 2.32. The summed E-state index contributed by atoms with van der Waals surface area (Å²) in [4.78, 5) is 25.3. The molecule has 1 N–H and O–H groups in total. The third-order valence-corrected chi connectivity index (χ3v) is 6.03. The van der Waals surface area contributed by atoms with E-state index in [9.17, 15) is 9.59 Å². The summed E-state index contributed by atoms with van der Waals surface area (Å²) in [7, 11) is 5.87. The predicted octanol–water partition coefficient (Wildman–Crippen LogP) is 4.19. The van der Waals surface area contributed by atoms with Crippen molar-refractivity contribution >= 4 is 18.1 Å². The molecule has 0 saturated heterocycles. The molecular formula is C28H28N2O7. The molecule has 0 radical (unpaired) electrons. The number of methoxy groups -OCH3 is 4. The van der Waals surface area contributed by atoms with Gasteiger partial charge in [-0.2, -0.15) is 5.10 Å². The first kappa shape index (κ1) is 25.6. The average molecular weight is 505 g/mol. The molecule has 2 atom stereocenters. The van der Waals surface area contributed by atoms with E-state index in [4.69, 9.17) is 23.7 Å². The first-order valence-corrected chi connectivity index (χ1v) is 11.6. The van der Waals surface area contributed by atoms with Crippen LogP contribution in [0.3, 0.4) is 0 Å². The molecular weight excluding hydrogens is 476 g/mol. The van der Waals surface area contributed by atoms with Gasteiger partial charge in [-0.1, -0.05) is 30.3 Å². The zero-order valence-electron chi connectivity index (χ0n) is 21.0. The van der Waals surface area contributed by atoms with Crippen LogP contribution in [0.25, 0.3) is 0 Å². The maximum absolute atomic E-state index is 12.8. The molecule has 1 aliphatic carbocycles. The van der Waals surface area contributed by atoms with E-state index >= 15 is 0 Å². The summed E-state index contributed by atoms with van der Waals surface area (Å²) in [5, 5.41) is 4.07. The minimum absolute atomic E-state index is 0.0777. The van der Waals surface area contributed by atoms with Crippen LogP contribution >= 0.6 is 0 Å². The molecule has 4 rings (SSSR count). The number of benzene rings is 3. The number of amides is 1. The van der Waals surface area contributed by atoms with Gasteiger partial charge < -0.3 is 23.7 Å². The lowest BCUT2D eigenvalue weighted by Crippen LogP contribution is -2.20. The van der Waals surface area contributed by atoms with E-state index in [-0.39, 0.29) is 29.1 Å². The Labute approximate surface area is 214 Å². The van der Waals surface area contributed by atoms with E-state index < -0.39 is 5.97 Å². The molecule has 0 bridgehead atoms. The van der Waals surface area contributed by atoms with Crippen LogP contribution in [0.1, 0.15) is 33.8 Å². The van der Waals surface area contributed by atoms with E-state index in [1.165, 1.54) is 46.8 Å². The Morgan fingerprint density at radius 1 is 0.838 bits per heavy atom. The smallest absolute Gasteiger partial charge is 0.343 e. The van der Waals surface area contributed by atoms with Crippen LogP contribution < -0.4 is 29.1 Å². The minimum Gasteiger partial charge on any atom is -0.493 e. The lowest BCUT2D eigenvalue weighted by atomic mass is 10.1. The fourth-order valence-electron chi connectivity index (χ4n) is 4.01. The number of nitrogens with one attached hydrogen (secondary N) is 1. The highest BCUT2D eigenvalue weighted by molar-refractivity contribution is 5.93. The Morgan fingerprint density at radius 3 is 2.14 bits per heavy atom. The van der Waals surface area contributed by atoms with Crippen molar-refractivity contribution < 1.29 is 33.3 Å². The molecule has 0 aliphatic heterocycles. The largest absolute Gasteiger partial charge is 0.493 e. The molecule has 3 aromatic rings. The number of ether oxygens (including phenoxy) is 5. The quantitative estimate of drug-likeness (QED) is 0.191. The summed E-state index contributed by atoms with van der Waals surface area (Å²) in [5.41, 5.74) is 4.62. The first-order chi connectivity index (χ1) is 18.0. The van der Waals surface area contributed by atoms with Gasteiger partial charge in [-0.3, -0.25) is 4.79 Å². The molecule has 192 valence electrons. The lowest BCUT2D eigenvalue weighted by molar-refractivity contribution is -0.122. The second-order valence-corrected chi connectivity index (χ2v) is 8.31. The molecule has 0 unspecified atom stereocenters. The van der Waals surface area contributed by atoms with Crippen LogP contribution in [-0.2, 0) is 4.79 Å². The molecule has 0 heterocycles. The van der Waals surface area contributed by atoms with Crippen molar-refractivity contribution in [2.24, 2.45) is 11.0 Å². The van der Waals surface area contributed by atoms with Crippen LogP contribution in [0.15, 0.2) is 65.8 Å². The van der Waals surface area contributed by atoms with Crippen molar-refractivity contribution in [3.63, 3.8) is 0 Å². The van der Waals surface area contributed by atoms with Crippen LogP contribution in [0.2, 0.25) is 0 Å². The number of rotatable bonds is 10. The Balaban J connectivity index is 1.40. The van der Waals surface area contributed by atoms with E-state index in [0.717, 1.165) is 12.0 Å². The van der Waals surface area contributed by atoms with Gasteiger partial charge in [0, 0.05) is 5.92 Å². The van der Waals surface area contributed by atoms with Gasteiger partial charge in [0.1, 0.15) is 0 Å². The first-order valence-electron chi connectivity index (χ1n) is 11.6. The number of carbonyl (C=O) groups is 2. The fraction of sp³-hybridized carbons (Fsp3) is 0.250. The molecule has 0 spiro atoms. The molecule has 3 aromatic carbocycles. The molecule has 1 fully saturated rings. The van der Waals surface area contributed by atoms with Crippen molar-refractivity contribution in [3.8, 4) is 28.7 Å². The minimum atomic E-state index is -0.636. The molecule has 1 amide bonds. The Kier molecular flexibility index (Phi) is 7.92. The normalized spacial score (nSPS) is 16.1. The summed E-state index contributed by atoms with van der Waals surface area (Å²) in [6, 6.07) is 17.9. The standard InChI is InChI=1S/C28H28N2O7/c1-33-23-12-17(16-29-30-27(31)21-15-20(21)18-8-6-5-7-9-18)10-11-22(23)37-28(32)19-13-24(34-2)26(36-4)25(14-19)35-3/h5-14,16,20-21H,15H2,1-4H3,(H,30,31)/b29-16-/t20-,21-/m0/s1. The van der Waals surface area contributed by atoms with Gasteiger partial charge in [0.15, 0.2) is 23.0 Å². The highest BCUT2D eigenvalue weighted by atomic mass is 16.6. The topological polar surface area (TPSA) is 105 Å². The van der Waals surface area contributed by atoms with E-state index in [1.807, 2.05) is 30.3 Å². The second-order valence-electron chi connectivity index (χ2n) is 8.31. The van der Waals surface area contributed by atoms with Gasteiger partial charge in [0.2, 0.25) is 11.7 Å². The molecule has 0 aromatic heterocycles. The number of hydrogen-bond acceptors (Lipinski definition) is 8. The second kappa shape index (κ2) is 11.5. The van der Waals surface area contributed by atoms with Crippen molar-refractivity contribution in [3.05, 3.63) is 77.4 Å². The average Bonchev–Trinajstić information content (AvgIpc) is 3.74. The highest BCUT2D eigenvalue weighted by Gasteiger charge is 2.43. The zero-order valence-corrected chi connectivity index (χ0v) is 21.0. The van der Waals surface area contributed by atoms with Crippen LogP contribution in [0, 0.1) is 5.92 Å². The molecule has 1 saturated carbocycles. The van der Waals surface area contributed by atoms with E-state index in [1.54, 1.807) is 18.2 Å². The molecule has 9 heteroatoms. The van der Waals surface area contributed by atoms with Gasteiger partial charge in [-0.15, -0.1) is 0 Å². The Hall–Kier alpha value is -4.53. The summed E-state index contributed by atoms with van der Waals surface area (Å²) >= 11 is 0. The zero-order chi connectivity index (χ0) is 26.4. The summed E-state index contributed by atoms with van der Waals surface area (Å²) < 4.78 is 26.8. The van der Waals surface area contributed by atoms with Gasteiger partial charge in [-0.25, -0.2) is 10.2 Å². The van der Waals surface area contributed by atoms with Gasteiger partial charge in [0.25, 0.3) is 0 Å². The van der Waals surface area contributed by atoms with Crippen molar-refractivity contribution in [1.29, 1.82) is 0 Å². The summed E-state index contributed by atoms with van der Waals surface area (Å²) in [5.74, 6) is 0.964. The van der Waals surface area contributed by atoms with Crippen LogP contribution in [-0.4, -0.2) is 46.5 Å². The molecule has 1 aliphatic rings. The van der Waals surface area contributed by atoms with Crippen molar-refractivity contribution in [1.82, 2.24) is 5.43 Å². The maximum atomic E-state index is 12.8. The van der Waals surface area contributed by atoms with Crippen LogP contribution in [0.4, 0.5) is 0 Å². The monoisotopic (exact) mass is 504 g/mol.